The van der Waals surface area contributed by atoms with Gasteiger partial charge in [-0.25, -0.2) is 14.4 Å². The number of aryl methyl sites for hydroxylation is 1. The molecule has 0 radical (unpaired) electrons. The molecule has 4 rings (SSSR count). The van der Waals surface area contributed by atoms with E-state index in [4.69, 9.17) is 14.2 Å². The van der Waals surface area contributed by atoms with Crippen LogP contribution in [-0.2, 0) is 30.4 Å². The van der Waals surface area contributed by atoms with Crippen LogP contribution in [-0.4, -0.2) is 54.9 Å². The van der Waals surface area contributed by atoms with Crippen LogP contribution in [0.5, 0.6) is 0 Å². The largest absolute Gasteiger partial charge is 0.459 e. The Balaban J connectivity index is 1.36. The molecule has 10 heteroatoms. The summed E-state index contributed by atoms with van der Waals surface area (Å²) in [6.45, 7) is 11.4. The van der Waals surface area contributed by atoms with Crippen LogP contribution in [0.15, 0.2) is 72.8 Å². The van der Waals surface area contributed by atoms with E-state index in [1.807, 2.05) is 67.6 Å². The highest BCUT2D eigenvalue weighted by Gasteiger charge is 2.32. The molecule has 1 aliphatic rings. The first-order valence-corrected chi connectivity index (χ1v) is 16.9. The highest BCUT2D eigenvalue weighted by atomic mass is 16.6. The summed E-state index contributed by atoms with van der Waals surface area (Å²) in [4.78, 5) is 51.9. The Morgan fingerprint density at radius 1 is 0.776 bits per heavy atom. The lowest BCUT2D eigenvalue weighted by molar-refractivity contribution is -0.149. The molecule has 3 amide bonds. The molecule has 262 valence electrons. The molecule has 0 unspecified atom stereocenters. The molecule has 0 spiro atoms. The number of hydrogen-bond acceptors (Lipinski definition) is 7. The third-order valence-corrected chi connectivity index (χ3v) is 8.26. The number of fused-ring (bicyclic) bond motifs is 3. The van der Waals surface area contributed by atoms with Gasteiger partial charge in [0.05, 0.1) is 0 Å². The number of amides is 3. The van der Waals surface area contributed by atoms with Gasteiger partial charge in [0.2, 0.25) is 5.91 Å². The lowest BCUT2D eigenvalue weighted by Crippen LogP contribution is -2.54. The van der Waals surface area contributed by atoms with Crippen molar-refractivity contribution in [1.29, 1.82) is 0 Å². The normalized spacial score (nSPS) is 13.4. The maximum Gasteiger partial charge on any atom is 0.407 e. The summed E-state index contributed by atoms with van der Waals surface area (Å²) in [7, 11) is 0. The number of nitrogens with one attached hydrogen (secondary N) is 3. The molecule has 0 aromatic heterocycles. The standard InChI is InChI=1S/C39H49N3O7/c1-25(2)34(42-38(46)48-24-32-30-15-9-7-13-28(30)29-14-8-10-16-31(29)32)35(43)41-33(17-11-12-22-40-37(45)49-39(4,5)6)36(44)47-23-27-20-18-26(3)19-21-27/h7-10,13-16,18-21,25,32-34H,11-12,17,22-24H2,1-6H3,(H,40,45)(H,41,43)(H,42,46)/t33-,34+/m0/s1. The molecule has 0 saturated carbocycles. The summed E-state index contributed by atoms with van der Waals surface area (Å²) in [6, 6.07) is 21.8. The fourth-order valence-electron chi connectivity index (χ4n) is 5.73. The van der Waals surface area contributed by atoms with Gasteiger partial charge in [0.1, 0.15) is 30.9 Å². The van der Waals surface area contributed by atoms with Crippen LogP contribution in [0.2, 0.25) is 0 Å². The quantitative estimate of drug-likeness (QED) is 0.0978. The second-order valence-corrected chi connectivity index (χ2v) is 13.8. The minimum absolute atomic E-state index is 0.0529. The molecule has 0 bridgehead atoms. The lowest BCUT2D eigenvalue weighted by Gasteiger charge is -2.25. The number of rotatable bonds is 14. The summed E-state index contributed by atoms with van der Waals surface area (Å²) >= 11 is 0. The van der Waals surface area contributed by atoms with Gasteiger partial charge in [0.25, 0.3) is 0 Å². The smallest absolute Gasteiger partial charge is 0.407 e. The van der Waals surface area contributed by atoms with E-state index in [2.05, 4.69) is 28.1 Å². The summed E-state index contributed by atoms with van der Waals surface area (Å²) in [5.74, 6) is -1.53. The second-order valence-electron chi connectivity index (χ2n) is 13.8. The zero-order valence-corrected chi connectivity index (χ0v) is 29.3. The van der Waals surface area contributed by atoms with Crippen molar-refractivity contribution in [2.75, 3.05) is 13.2 Å². The maximum absolute atomic E-state index is 13.6. The second kappa shape index (κ2) is 17.0. The topological polar surface area (TPSA) is 132 Å². The van der Waals surface area contributed by atoms with E-state index in [-0.39, 0.29) is 31.5 Å². The Labute approximate surface area is 289 Å². The maximum atomic E-state index is 13.6. The summed E-state index contributed by atoms with van der Waals surface area (Å²) < 4.78 is 16.6. The number of hydrogen-bond donors (Lipinski definition) is 3. The monoisotopic (exact) mass is 671 g/mol. The van der Waals surface area contributed by atoms with Gasteiger partial charge in [-0.2, -0.15) is 0 Å². The number of ether oxygens (including phenoxy) is 3. The Morgan fingerprint density at radius 3 is 1.98 bits per heavy atom. The van der Waals surface area contributed by atoms with Gasteiger partial charge in [-0.1, -0.05) is 92.2 Å². The zero-order chi connectivity index (χ0) is 35.6. The number of alkyl carbamates (subject to hydrolysis) is 2. The fraction of sp³-hybridized carbons (Fsp3) is 0.436. The third-order valence-electron chi connectivity index (χ3n) is 8.26. The summed E-state index contributed by atoms with van der Waals surface area (Å²) in [5.41, 5.74) is 5.71. The molecule has 3 aromatic rings. The molecular weight excluding hydrogens is 622 g/mol. The van der Waals surface area contributed by atoms with E-state index >= 15 is 0 Å². The van der Waals surface area contributed by atoms with Crippen molar-refractivity contribution in [3.8, 4) is 11.1 Å². The first kappa shape index (κ1) is 37.0. The van der Waals surface area contributed by atoms with Crippen molar-refractivity contribution >= 4 is 24.1 Å². The molecule has 10 nitrogen and oxygen atoms in total. The molecule has 0 saturated heterocycles. The van der Waals surface area contributed by atoms with Crippen molar-refractivity contribution in [1.82, 2.24) is 16.0 Å². The van der Waals surface area contributed by atoms with Gasteiger partial charge >= 0.3 is 18.2 Å². The number of esters is 1. The third kappa shape index (κ3) is 10.8. The van der Waals surface area contributed by atoms with Gasteiger partial charge in [-0.3, -0.25) is 4.79 Å². The zero-order valence-electron chi connectivity index (χ0n) is 29.3. The first-order valence-electron chi connectivity index (χ1n) is 16.9. The van der Waals surface area contributed by atoms with Crippen LogP contribution in [0.1, 0.15) is 82.1 Å². The highest BCUT2D eigenvalue weighted by molar-refractivity contribution is 5.90. The van der Waals surface area contributed by atoms with Crippen molar-refractivity contribution in [3.05, 3.63) is 95.1 Å². The van der Waals surface area contributed by atoms with E-state index in [1.54, 1.807) is 34.6 Å². The van der Waals surface area contributed by atoms with Gasteiger partial charge in [-0.15, -0.1) is 0 Å². The van der Waals surface area contributed by atoms with Crippen LogP contribution < -0.4 is 16.0 Å². The Morgan fingerprint density at radius 2 is 1.39 bits per heavy atom. The minimum Gasteiger partial charge on any atom is -0.459 e. The minimum atomic E-state index is -0.968. The highest BCUT2D eigenvalue weighted by Crippen LogP contribution is 2.44. The molecule has 0 heterocycles. The average Bonchev–Trinajstić information content (AvgIpc) is 3.37. The van der Waals surface area contributed by atoms with E-state index in [1.165, 1.54) is 0 Å². The SMILES string of the molecule is Cc1ccc(COC(=O)[C@H](CCCCNC(=O)OC(C)(C)C)NC(=O)[C@H](NC(=O)OCC2c3ccccc3-c3ccccc32)C(C)C)cc1. The molecule has 0 fully saturated rings. The van der Waals surface area contributed by atoms with Crippen LogP contribution in [0, 0.1) is 12.8 Å². The van der Waals surface area contributed by atoms with Gasteiger partial charge in [-0.05, 0) is 80.7 Å². The van der Waals surface area contributed by atoms with Crippen LogP contribution in [0.25, 0.3) is 11.1 Å². The Hall–Kier alpha value is -4.86. The number of unbranched alkanes of at least 4 members (excludes halogenated alkanes) is 1. The van der Waals surface area contributed by atoms with E-state index in [0.29, 0.717) is 19.4 Å². The first-order chi connectivity index (χ1) is 23.3. The van der Waals surface area contributed by atoms with Crippen molar-refractivity contribution < 1.29 is 33.4 Å². The fourth-order valence-corrected chi connectivity index (χ4v) is 5.73. The Bertz CT molecular complexity index is 1550. The molecule has 2 atom stereocenters. The molecule has 3 N–H and O–H groups in total. The summed E-state index contributed by atoms with van der Waals surface area (Å²) in [5, 5.41) is 8.23. The Kier molecular flexibility index (Phi) is 12.8. The van der Waals surface area contributed by atoms with Gasteiger partial charge in [0.15, 0.2) is 0 Å². The molecule has 1 aliphatic carbocycles. The van der Waals surface area contributed by atoms with E-state index in [9.17, 15) is 19.2 Å². The van der Waals surface area contributed by atoms with Gasteiger partial charge < -0.3 is 30.2 Å². The summed E-state index contributed by atoms with van der Waals surface area (Å²) in [6.07, 6.45) is 0.0792. The van der Waals surface area contributed by atoms with Crippen molar-refractivity contribution in [2.45, 2.75) is 91.0 Å². The molecule has 0 aliphatic heterocycles. The van der Waals surface area contributed by atoms with Crippen LogP contribution in [0.3, 0.4) is 0 Å². The van der Waals surface area contributed by atoms with Crippen LogP contribution in [0.4, 0.5) is 9.59 Å². The van der Waals surface area contributed by atoms with Crippen molar-refractivity contribution in [3.63, 3.8) is 0 Å². The lowest BCUT2D eigenvalue weighted by atomic mass is 9.98. The molecule has 49 heavy (non-hydrogen) atoms. The van der Waals surface area contributed by atoms with E-state index in [0.717, 1.165) is 33.4 Å². The number of benzene rings is 3. The molecule has 3 aromatic carbocycles. The van der Waals surface area contributed by atoms with Gasteiger partial charge in [0, 0.05) is 12.5 Å². The average molecular weight is 672 g/mol. The molecular formula is C39H49N3O7. The predicted octanol–water partition coefficient (Wildman–Crippen LogP) is 6.78. The van der Waals surface area contributed by atoms with E-state index < -0.39 is 41.7 Å². The van der Waals surface area contributed by atoms with Crippen molar-refractivity contribution in [2.24, 2.45) is 5.92 Å². The number of carbonyl (C=O) groups is 4. The number of carbonyl (C=O) groups excluding carboxylic acids is 4. The predicted molar refractivity (Wildman–Crippen MR) is 188 cm³/mol. The van der Waals surface area contributed by atoms with Crippen LogP contribution >= 0.6 is 0 Å².